The number of nitrogens with zero attached hydrogens (tertiary/aromatic N) is 2. The Labute approximate surface area is 193 Å². The van der Waals surface area contributed by atoms with Crippen molar-refractivity contribution < 1.29 is 13.9 Å². The highest BCUT2D eigenvalue weighted by Crippen LogP contribution is 2.33. The van der Waals surface area contributed by atoms with E-state index in [1.54, 1.807) is 24.3 Å². The molecular weight excluding hydrogens is 436 g/mol. The maximum absolute atomic E-state index is 13.7. The number of benzene rings is 3. The second kappa shape index (κ2) is 8.88. The Kier molecular flexibility index (Phi) is 5.62. The smallest absolute Gasteiger partial charge is 0.267 e. The van der Waals surface area contributed by atoms with Crippen molar-refractivity contribution in [2.24, 2.45) is 0 Å². The normalized spacial score (nSPS) is 11.1. The number of amides is 1. The molecule has 0 bridgehead atoms. The van der Waals surface area contributed by atoms with Gasteiger partial charge in [-0.05, 0) is 42.8 Å². The zero-order valence-corrected chi connectivity index (χ0v) is 18.7. The van der Waals surface area contributed by atoms with Crippen LogP contribution < -0.4 is 15.1 Å². The standard InChI is InChI=1S/C26H20N2O4S/c1-2-31-18-12-13-21-23(14-18)33-26(27-21)28(15-17-8-4-3-5-9-17)25(30)20-16-32-22-11-7-6-10-19(22)24(20)29/h3-14,16H,2,15H2,1H3. The van der Waals surface area contributed by atoms with Gasteiger partial charge in [-0.25, -0.2) is 4.98 Å². The van der Waals surface area contributed by atoms with E-state index in [0.29, 0.717) is 22.7 Å². The Balaban J connectivity index is 1.60. The molecule has 0 spiro atoms. The first-order valence-corrected chi connectivity index (χ1v) is 11.4. The van der Waals surface area contributed by atoms with Crippen LogP contribution in [0.3, 0.4) is 0 Å². The third-order valence-corrected chi connectivity index (χ3v) is 6.27. The van der Waals surface area contributed by atoms with Crippen molar-refractivity contribution >= 4 is 43.6 Å². The first kappa shape index (κ1) is 20.9. The van der Waals surface area contributed by atoms with E-state index < -0.39 is 5.91 Å². The van der Waals surface area contributed by atoms with Gasteiger partial charge < -0.3 is 9.15 Å². The third-order valence-electron chi connectivity index (χ3n) is 5.23. The van der Waals surface area contributed by atoms with Crippen molar-refractivity contribution in [1.82, 2.24) is 4.98 Å². The number of fused-ring (bicyclic) bond motifs is 2. The fourth-order valence-electron chi connectivity index (χ4n) is 3.63. The lowest BCUT2D eigenvalue weighted by atomic mass is 10.1. The molecule has 3 aromatic carbocycles. The molecule has 2 heterocycles. The number of para-hydroxylation sites is 1. The van der Waals surface area contributed by atoms with E-state index in [1.807, 2.05) is 55.5 Å². The SMILES string of the molecule is CCOc1ccc2nc(N(Cc3ccccc3)C(=O)c3coc4ccccc4c3=O)sc2c1. The Bertz CT molecular complexity index is 1510. The highest BCUT2D eigenvalue weighted by atomic mass is 32.1. The van der Waals surface area contributed by atoms with E-state index in [2.05, 4.69) is 4.98 Å². The molecule has 0 radical (unpaired) electrons. The van der Waals surface area contributed by atoms with Gasteiger partial charge in [0.1, 0.15) is 23.2 Å². The summed E-state index contributed by atoms with van der Waals surface area (Å²) in [5.74, 6) is 0.291. The van der Waals surface area contributed by atoms with Crippen molar-refractivity contribution in [3.8, 4) is 5.75 Å². The Hall–Kier alpha value is -3.97. The molecule has 0 atom stereocenters. The van der Waals surface area contributed by atoms with Crippen LogP contribution in [0.4, 0.5) is 5.13 Å². The number of hydrogen-bond acceptors (Lipinski definition) is 6. The second-order valence-electron chi connectivity index (χ2n) is 7.41. The molecule has 0 aliphatic rings. The van der Waals surface area contributed by atoms with Crippen LogP contribution in [0, 0.1) is 0 Å². The Morgan fingerprint density at radius 3 is 2.67 bits per heavy atom. The number of anilines is 1. The van der Waals surface area contributed by atoms with E-state index in [0.717, 1.165) is 21.5 Å². The average molecular weight is 457 g/mol. The zero-order chi connectivity index (χ0) is 22.8. The highest BCUT2D eigenvalue weighted by molar-refractivity contribution is 7.22. The summed E-state index contributed by atoms with van der Waals surface area (Å²) in [6.07, 6.45) is 1.24. The molecular formula is C26H20N2O4S. The Morgan fingerprint density at radius 2 is 1.85 bits per heavy atom. The van der Waals surface area contributed by atoms with Gasteiger partial charge in [0.25, 0.3) is 5.91 Å². The van der Waals surface area contributed by atoms with E-state index in [4.69, 9.17) is 9.15 Å². The lowest BCUT2D eigenvalue weighted by Gasteiger charge is -2.19. The summed E-state index contributed by atoms with van der Waals surface area (Å²) < 4.78 is 12.1. The van der Waals surface area contributed by atoms with Crippen LogP contribution in [-0.2, 0) is 6.54 Å². The summed E-state index contributed by atoms with van der Waals surface area (Å²) in [6.45, 7) is 2.76. The molecule has 2 aromatic heterocycles. The summed E-state index contributed by atoms with van der Waals surface area (Å²) in [7, 11) is 0. The number of carbonyl (C=O) groups is 1. The Morgan fingerprint density at radius 1 is 1.06 bits per heavy atom. The minimum Gasteiger partial charge on any atom is -0.494 e. The van der Waals surface area contributed by atoms with Gasteiger partial charge >= 0.3 is 0 Å². The van der Waals surface area contributed by atoms with Crippen molar-refractivity contribution in [2.45, 2.75) is 13.5 Å². The quantitative estimate of drug-likeness (QED) is 0.330. The largest absolute Gasteiger partial charge is 0.494 e. The van der Waals surface area contributed by atoms with Gasteiger partial charge in [0, 0.05) is 0 Å². The van der Waals surface area contributed by atoms with Crippen LogP contribution in [0.2, 0.25) is 0 Å². The molecule has 7 heteroatoms. The van der Waals surface area contributed by atoms with E-state index in [9.17, 15) is 9.59 Å². The summed E-state index contributed by atoms with van der Waals surface area (Å²) >= 11 is 1.38. The van der Waals surface area contributed by atoms with Crippen LogP contribution in [0.25, 0.3) is 21.2 Å². The number of rotatable bonds is 6. The third kappa shape index (κ3) is 4.10. The fourth-order valence-corrected chi connectivity index (χ4v) is 4.62. The fraction of sp³-hybridized carbons (Fsp3) is 0.115. The number of ether oxygens (including phenoxy) is 1. The molecule has 1 amide bonds. The summed E-state index contributed by atoms with van der Waals surface area (Å²) in [4.78, 5) is 33.0. The van der Waals surface area contributed by atoms with Gasteiger partial charge in [0.15, 0.2) is 5.13 Å². The minimum absolute atomic E-state index is 0.0288. The summed E-state index contributed by atoms with van der Waals surface area (Å²) in [5.41, 5.74) is 1.73. The second-order valence-corrected chi connectivity index (χ2v) is 8.42. The maximum Gasteiger partial charge on any atom is 0.267 e. The number of carbonyl (C=O) groups excluding carboxylic acids is 1. The van der Waals surface area contributed by atoms with Crippen molar-refractivity contribution in [3.63, 3.8) is 0 Å². The maximum atomic E-state index is 13.7. The number of thiazole rings is 1. The van der Waals surface area contributed by atoms with Crippen LogP contribution in [0.15, 0.2) is 88.3 Å². The molecule has 0 N–H and O–H groups in total. The van der Waals surface area contributed by atoms with E-state index in [1.165, 1.54) is 22.5 Å². The molecule has 5 rings (SSSR count). The topological polar surface area (TPSA) is 72.6 Å². The van der Waals surface area contributed by atoms with Gasteiger partial charge in [0.05, 0.1) is 28.8 Å². The zero-order valence-electron chi connectivity index (χ0n) is 17.9. The molecule has 0 unspecified atom stereocenters. The molecule has 0 saturated heterocycles. The van der Waals surface area contributed by atoms with E-state index in [-0.39, 0.29) is 17.5 Å². The molecule has 5 aromatic rings. The molecule has 0 saturated carbocycles. The molecule has 0 aliphatic carbocycles. The predicted molar refractivity (Wildman–Crippen MR) is 130 cm³/mol. The van der Waals surface area contributed by atoms with Crippen LogP contribution in [-0.4, -0.2) is 17.5 Å². The summed E-state index contributed by atoms with van der Waals surface area (Å²) in [6, 6.07) is 22.1. The van der Waals surface area contributed by atoms with Crippen molar-refractivity contribution in [2.75, 3.05) is 11.5 Å². The first-order chi connectivity index (χ1) is 16.1. The average Bonchev–Trinajstić information content (AvgIpc) is 3.26. The van der Waals surface area contributed by atoms with Crippen LogP contribution >= 0.6 is 11.3 Å². The summed E-state index contributed by atoms with van der Waals surface area (Å²) in [5, 5.41) is 0.869. The van der Waals surface area contributed by atoms with Crippen LogP contribution in [0.1, 0.15) is 22.8 Å². The molecule has 0 aliphatic heterocycles. The lowest BCUT2D eigenvalue weighted by Crippen LogP contribution is -2.33. The van der Waals surface area contributed by atoms with Gasteiger partial charge in [0.2, 0.25) is 5.43 Å². The van der Waals surface area contributed by atoms with Gasteiger partial charge in [-0.2, -0.15) is 0 Å². The predicted octanol–water partition coefficient (Wildman–Crippen LogP) is 5.65. The first-order valence-electron chi connectivity index (χ1n) is 10.5. The lowest BCUT2D eigenvalue weighted by molar-refractivity contribution is 0.0982. The van der Waals surface area contributed by atoms with Crippen molar-refractivity contribution in [3.05, 3.63) is 100 Å². The van der Waals surface area contributed by atoms with Crippen molar-refractivity contribution in [1.29, 1.82) is 0 Å². The minimum atomic E-state index is -0.456. The monoisotopic (exact) mass is 456 g/mol. The molecule has 6 nitrogen and oxygen atoms in total. The van der Waals surface area contributed by atoms with Gasteiger partial charge in [-0.3, -0.25) is 14.5 Å². The highest BCUT2D eigenvalue weighted by Gasteiger charge is 2.25. The molecule has 0 fully saturated rings. The number of hydrogen-bond donors (Lipinski definition) is 0. The molecule has 33 heavy (non-hydrogen) atoms. The van der Waals surface area contributed by atoms with Gasteiger partial charge in [-0.15, -0.1) is 0 Å². The van der Waals surface area contributed by atoms with E-state index >= 15 is 0 Å². The van der Waals surface area contributed by atoms with Gasteiger partial charge in [-0.1, -0.05) is 53.8 Å². The molecule has 164 valence electrons. The number of aromatic nitrogens is 1. The van der Waals surface area contributed by atoms with Crippen LogP contribution in [0.5, 0.6) is 5.75 Å².